The molecule has 0 unspecified atom stereocenters. The number of rotatable bonds is 8. The third kappa shape index (κ3) is 4.97. The molecule has 0 aliphatic heterocycles. The molecule has 0 radical (unpaired) electrons. The monoisotopic (exact) mass is 350 g/mol. The van der Waals surface area contributed by atoms with Crippen LogP contribution in [0.15, 0.2) is 47.4 Å². The summed E-state index contributed by atoms with van der Waals surface area (Å²) in [5.74, 6) is 0.435. The molecule has 0 spiro atoms. The lowest BCUT2D eigenvalue weighted by molar-refractivity contribution is 0.432. The van der Waals surface area contributed by atoms with Crippen LogP contribution in [-0.2, 0) is 16.5 Å². The van der Waals surface area contributed by atoms with Crippen LogP contribution < -0.4 is 4.74 Å². The van der Waals surface area contributed by atoms with Crippen molar-refractivity contribution in [1.29, 1.82) is 0 Å². The highest BCUT2D eigenvalue weighted by molar-refractivity contribution is 7.86. The highest BCUT2D eigenvalue weighted by Crippen LogP contribution is 2.32. The number of hydrogen-bond donors (Lipinski definition) is 2. The molecule has 0 bridgehead atoms. The van der Waals surface area contributed by atoms with Crippen molar-refractivity contribution in [3.63, 3.8) is 0 Å². The smallest absolute Gasteiger partial charge is 0.298 e. The van der Waals surface area contributed by atoms with Crippen LogP contribution >= 0.6 is 0 Å². The third-order valence-electron chi connectivity index (χ3n) is 3.71. The lowest BCUT2D eigenvalue weighted by Crippen LogP contribution is -1.99. The standard InChI is InChI=1S/C18H22O5S/c1-2-3-4-5-8-14-9-6-7-10-17(14)23-15-11-12-18(16(19)13-15)24(20,21)22/h6-7,9-13,19H,2-5,8H2,1H3,(H,20,21,22). The fraction of sp³-hybridized carbons (Fsp3) is 0.333. The maximum absolute atomic E-state index is 11.1. The van der Waals surface area contributed by atoms with Gasteiger partial charge in [-0.1, -0.05) is 44.4 Å². The summed E-state index contributed by atoms with van der Waals surface area (Å²) in [5, 5.41) is 9.76. The fourth-order valence-electron chi connectivity index (χ4n) is 2.46. The Morgan fingerprint density at radius 2 is 1.79 bits per heavy atom. The Bertz CT molecular complexity index is 784. The first-order chi connectivity index (χ1) is 11.4. The van der Waals surface area contributed by atoms with Gasteiger partial charge in [0.05, 0.1) is 0 Å². The topological polar surface area (TPSA) is 83.8 Å². The van der Waals surface area contributed by atoms with Gasteiger partial charge in [-0.3, -0.25) is 4.55 Å². The predicted molar refractivity (Wildman–Crippen MR) is 92.3 cm³/mol. The van der Waals surface area contributed by atoms with Gasteiger partial charge in [-0.2, -0.15) is 8.42 Å². The summed E-state index contributed by atoms with van der Waals surface area (Å²) in [5.41, 5.74) is 1.06. The van der Waals surface area contributed by atoms with Crippen molar-refractivity contribution in [2.24, 2.45) is 0 Å². The predicted octanol–water partition coefficient (Wildman–Crippen LogP) is 4.55. The Hall–Kier alpha value is -2.05. The van der Waals surface area contributed by atoms with Gasteiger partial charge in [0, 0.05) is 6.07 Å². The van der Waals surface area contributed by atoms with Crippen molar-refractivity contribution in [2.75, 3.05) is 0 Å². The molecule has 24 heavy (non-hydrogen) atoms. The zero-order valence-electron chi connectivity index (χ0n) is 13.6. The summed E-state index contributed by atoms with van der Waals surface area (Å²) in [6.07, 6.45) is 5.51. The van der Waals surface area contributed by atoms with Crippen molar-refractivity contribution in [2.45, 2.75) is 43.9 Å². The molecular formula is C18H22O5S. The van der Waals surface area contributed by atoms with E-state index < -0.39 is 20.8 Å². The van der Waals surface area contributed by atoms with Crippen LogP contribution in [0.25, 0.3) is 0 Å². The van der Waals surface area contributed by atoms with Crippen LogP contribution in [0, 0.1) is 0 Å². The van der Waals surface area contributed by atoms with Crippen molar-refractivity contribution in [3.8, 4) is 17.2 Å². The molecule has 0 amide bonds. The minimum Gasteiger partial charge on any atom is -0.506 e. The largest absolute Gasteiger partial charge is 0.506 e. The van der Waals surface area contributed by atoms with E-state index in [0.29, 0.717) is 11.5 Å². The Morgan fingerprint density at radius 1 is 1.04 bits per heavy atom. The Balaban J connectivity index is 2.15. The molecule has 0 fully saturated rings. The summed E-state index contributed by atoms with van der Waals surface area (Å²) >= 11 is 0. The normalized spacial score (nSPS) is 11.4. The molecule has 130 valence electrons. The number of phenolic OH excluding ortho intramolecular Hbond substituents is 1. The summed E-state index contributed by atoms with van der Waals surface area (Å²) in [6.45, 7) is 2.17. The average Bonchev–Trinajstić information content (AvgIpc) is 2.52. The van der Waals surface area contributed by atoms with Gasteiger partial charge >= 0.3 is 0 Å². The van der Waals surface area contributed by atoms with Gasteiger partial charge in [0.2, 0.25) is 0 Å². The number of aromatic hydroxyl groups is 1. The molecule has 2 N–H and O–H groups in total. The molecule has 0 aliphatic rings. The first-order valence-corrected chi connectivity index (χ1v) is 9.42. The summed E-state index contributed by atoms with van der Waals surface area (Å²) in [6, 6.07) is 11.3. The number of para-hydroxylation sites is 1. The molecular weight excluding hydrogens is 328 g/mol. The highest BCUT2D eigenvalue weighted by Gasteiger charge is 2.16. The zero-order valence-corrected chi connectivity index (χ0v) is 14.4. The van der Waals surface area contributed by atoms with E-state index in [1.807, 2.05) is 24.3 Å². The van der Waals surface area contributed by atoms with Gasteiger partial charge in [-0.05, 0) is 36.6 Å². The first-order valence-electron chi connectivity index (χ1n) is 7.98. The van der Waals surface area contributed by atoms with Crippen LogP contribution in [0.1, 0.15) is 38.2 Å². The molecule has 0 saturated carbocycles. The third-order valence-corrected chi connectivity index (χ3v) is 4.61. The number of unbranched alkanes of at least 4 members (excludes halogenated alkanes) is 3. The quantitative estimate of drug-likeness (QED) is 0.539. The minimum atomic E-state index is -4.45. The van der Waals surface area contributed by atoms with Gasteiger partial charge in [0.1, 0.15) is 22.1 Å². The Morgan fingerprint density at radius 3 is 2.46 bits per heavy atom. The second-order valence-electron chi connectivity index (χ2n) is 5.63. The highest BCUT2D eigenvalue weighted by atomic mass is 32.2. The van der Waals surface area contributed by atoms with Gasteiger partial charge in [0.15, 0.2) is 0 Å². The molecule has 5 nitrogen and oxygen atoms in total. The molecule has 2 rings (SSSR count). The van der Waals surface area contributed by atoms with Crippen molar-refractivity contribution in [3.05, 3.63) is 48.0 Å². The van der Waals surface area contributed by atoms with E-state index in [2.05, 4.69) is 6.92 Å². The molecule has 0 heterocycles. The summed E-state index contributed by atoms with van der Waals surface area (Å²) in [4.78, 5) is -0.539. The summed E-state index contributed by atoms with van der Waals surface area (Å²) < 4.78 is 37.0. The van der Waals surface area contributed by atoms with Crippen LogP contribution in [0.2, 0.25) is 0 Å². The second kappa shape index (κ2) is 8.17. The van der Waals surface area contributed by atoms with E-state index in [1.54, 1.807) is 0 Å². The van der Waals surface area contributed by atoms with E-state index >= 15 is 0 Å². The molecule has 0 aliphatic carbocycles. The van der Waals surface area contributed by atoms with Crippen molar-refractivity contribution in [1.82, 2.24) is 0 Å². The Labute approximate surface area is 142 Å². The van der Waals surface area contributed by atoms with E-state index in [1.165, 1.54) is 25.0 Å². The maximum Gasteiger partial charge on any atom is 0.298 e. The Kier molecular flexibility index (Phi) is 6.23. The average molecular weight is 350 g/mol. The summed E-state index contributed by atoms with van der Waals surface area (Å²) in [7, 11) is -4.45. The number of hydrogen-bond acceptors (Lipinski definition) is 4. The van der Waals surface area contributed by atoms with E-state index in [0.717, 1.165) is 30.9 Å². The fourth-order valence-corrected chi connectivity index (χ4v) is 3.02. The number of phenols is 1. The van der Waals surface area contributed by atoms with Crippen molar-refractivity contribution >= 4 is 10.1 Å². The second-order valence-corrected chi connectivity index (χ2v) is 7.02. The van der Waals surface area contributed by atoms with Crippen LogP contribution in [0.5, 0.6) is 17.2 Å². The van der Waals surface area contributed by atoms with Crippen LogP contribution in [0.4, 0.5) is 0 Å². The van der Waals surface area contributed by atoms with Crippen molar-refractivity contribution < 1.29 is 22.8 Å². The number of ether oxygens (including phenoxy) is 1. The lowest BCUT2D eigenvalue weighted by Gasteiger charge is -2.12. The van der Waals surface area contributed by atoms with E-state index in [-0.39, 0.29) is 0 Å². The number of benzene rings is 2. The maximum atomic E-state index is 11.1. The molecule has 6 heteroatoms. The van der Waals surface area contributed by atoms with Crippen LogP contribution in [-0.4, -0.2) is 18.1 Å². The van der Waals surface area contributed by atoms with Gasteiger partial charge in [0.25, 0.3) is 10.1 Å². The van der Waals surface area contributed by atoms with E-state index in [4.69, 9.17) is 9.29 Å². The van der Waals surface area contributed by atoms with Gasteiger partial charge in [-0.15, -0.1) is 0 Å². The molecule has 2 aromatic rings. The van der Waals surface area contributed by atoms with Gasteiger partial charge < -0.3 is 9.84 Å². The minimum absolute atomic E-state index is 0.306. The van der Waals surface area contributed by atoms with Crippen LogP contribution in [0.3, 0.4) is 0 Å². The first kappa shape index (κ1) is 18.3. The number of aryl methyl sites for hydroxylation is 1. The van der Waals surface area contributed by atoms with E-state index in [9.17, 15) is 13.5 Å². The lowest BCUT2D eigenvalue weighted by atomic mass is 10.1. The molecule has 0 aromatic heterocycles. The molecule has 0 atom stereocenters. The van der Waals surface area contributed by atoms with Gasteiger partial charge in [-0.25, -0.2) is 0 Å². The zero-order chi connectivity index (χ0) is 17.6. The molecule has 2 aromatic carbocycles. The molecule has 0 saturated heterocycles. The SMILES string of the molecule is CCCCCCc1ccccc1Oc1ccc(S(=O)(=O)O)c(O)c1.